The molecule has 1 aliphatic heterocycles. The molecule has 3 amide bonds. The van der Waals surface area contributed by atoms with Gasteiger partial charge in [-0.2, -0.15) is 0 Å². The third-order valence-corrected chi connectivity index (χ3v) is 20.3. The van der Waals surface area contributed by atoms with Crippen LogP contribution in [-0.4, -0.2) is 79.4 Å². The Hall–Kier alpha value is -4.74. The van der Waals surface area contributed by atoms with Crippen LogP contribution < -0.4 is 10.6 Å². The number of rotatable bonds is 24. The summed E-state index contributed by atoms with van der Waals surface area (Å²) in [5, 5.41) is 15.5. The summed E-state index contributed by atoms with van der Waals surface area (Å²) in [6.07, 6.45) is 17.6. The standard InChI is InChI=1S/C66H95N3O8/c1-45(2)18-17-20-46(3)56-31-32-57-55-30-29-53-40-54(35-37-64(53,5)58(55)36-38-65(56,57)6)76-63(74)68-39-16-10-11-19-47(4)62(73)69-41-49(59(42-69)77-61(72)34-33-60(71)67-7)44-75-66(50-21-12-8-13-22-50,51-23-14-9-15-24-51)52-27-25-48(43-70)26-28-52/h8-9,12-15,21-28,45-47,49,53-59,70H,10-11,16-20,29-44H2,1-7H3,(H,67,71)(H,68,74)/t46?,47?,49?,53?,54?,55?,56-,57?,58?,59?,64+,65-/m1/s1. The van der Waals surface area contributed by atoms with Crippen molar-refractivity contribution in [1.29, 1.82) is 0 Å². The number of alkyl carbamates (subject to hydrolysis) is 1. The van der Waals surface area contributed by atoms with Gasteiger partial charge in [0.1, 0.15) is 17.8 Å². The minimum atomic E-state index is -1.07. The second kappa shape index (κ2) is 26.5. The fraction of sp³-hybridized carbons (Fsp3) is 0.667. The number of fused-ring (bicyclic) bond motifs is 5. The number of hydrogen-bond donors (Lipinski definition) is 3. The van der Waals surface area contributed by atoms with Crippen molar-refractivity contribution < 1.29 is 38.5 Å². The summed E-state index contributed by atoms with van der Waals surface area (Å²) in [7, 11) is 1.54. The normalized spacial score (nSPS) is 28.7. The number of likely N-dealkylation sites (tertiary alicyclic amines) is 1. The molecule has 1 heterocycles. The van der Waals surface area contributed by atoms with Crippen LogP contribution >= 0.6 is 0 Å². The molecule has 3 aromatic rings. The number of carbonyl (C=O) groups is 4. The summed E-state index contributed by atoms with van der Waals surface area (Å²) in [5.41, 5.74) is 3.24. The molecular formula is C66H95N3O8. The van der Waals surface area contributed by atoms with Crippen LogP contribution in [0.1, 0.15) is 179 Å². The van der Waals surface area contributed by atoms with Crippen LogP contribution in [0.4, 0.5) is 4.79 Å². The summed E-state index contributed by atoms with van der Waals surface area (Å²) in [6, 6.07) is 27.8. The summed E-state index contributed by atoms with van der Waals surface area (Å²) in [4.78, 5) is 54.5. The Labute approximate surface area is 462 Å². The number of aliphatic hydroxyl groups excluding tert-OH is 1. The molecule has 9 unspecified atom stereocenters. The van der Waals surface area contributed by atoms with E-state index in [9.17, 15) is 24.3 Å². The van der Waals surface area contributed by atoms with E-state index in [2.05, 4.69) is 45.3 Å². The molecular weight excluding hydrogens is 963 g/mol. The molecule has 12 atom stereocenters. The first kappa shape index (κ1) is 58.4. The second-order valence-electron chi connectivity index (χ2n) is 25.5. The van der Waals surface area contributed by atoms with Gasteiger partial charge in [0.05, 0.1) is 26.2 Å². The zero-order valence-corrected chi connectivity index (χ0v) is 47.9. The van der Waals surface area contributed by atoms with Crippen LogP contribution in [0.25, 0.3) is 0 Å². The largest absolute Gasteiger partial charge is 0.460 e. The molecule has 3 aromatic carbocycles. The van der Waals surface area contributed by atoms with Gasteiger partial charge in [-0.1, -0.05) is 159 Å². The highest BCUT2D eigenvalue weighted by Crippen LogP contribution is 2.68. The topological polar surface area (TPSA) is 144 Å². The van der Waals surface area contributed by atoms with Crippen molar-refractivity contribution in [2.24, 2.45) is 64.1 Å². The lowest BCUT2D eigenvalue weighted by atomic mass is 9.44. The van der Waals surface area contributed by atoms with Crippen molar-refractivity contribution in [3.8, 4) is 0 Å². The van der Waals surface area contributed by atoms with Crippen molar-refractivity contribution in [2.75, 3.05) is 33.3 Å². The predicted octanol–water partition coefficient (Wildman–Crippen LogP) is 12.8. The van der Waals surface area contributed by atoms with Gasteiger partial charge in [-0.15, -0.1) is 0 Å². The molecule has 5 fully saturated rings. The third kappa shape index (κ3) is 13.5. The van der Waals surface area contributed by atoms with E-state index in [0.717, 1.165) is 96.3 Å². The maximum Gasteiger partial charge on any atom is 0.407 e. The lowest BCUT2D eigenvalue weighted by molar-refractivity contribution is -0.153. The minimum Gasteiger partial charge on any atom is -0.460 e. The van der Waals surface area contributed by atoms with Crippen LogP contribution in [0.3, 0.4) is 0 Å². The Morgan fingerprint density at radius 2 is 1.39 bits per heavy atom. The zero-order chi connectivity index (χ0) is 54.7. The number of aliphatic hydroxyl groups is 1. The van der Waals surface area contributed by atoms with Crippen molar-refractivity contribution in [1.82, 2.24) is 15.5 Å². The molecule has 77 heavy (non-hydrogen) atoms. The Morgan fingerprint density at radius 3 is 2.06 bits per heavy atom. The van der Waals surface area contributed by atoms with E-state index in [4.69, 9.17) is 14.2 Å². The zero-order valence-electron chi connectivity index (χ0n) is 47.9. The quantitative estimate of drug-likeness (QED) is 0.0457. The van der Waals surface area contributed by atoms with E-state index in [1.165, 1.54) is 64.8 Å². The summed E-state index contributed by atoms with van der Waals surface area (Å²) in [5.74, 6) is 4.31. The number of amides is 3. The number of ether oxygens (including phenoxy) is 3. The first-order chi connectivity index (χ1) is 37.1. The first-order valence-electron chi connectivity index (χ1n) is 30.2. The molecule has 4 saturated carbocycles. The molecule has 422 valence electrons. The Balaban J connectivity index is 0.805. The van der Waals surface area contributed by atoms with E-state index in [1.807, 2.05) is 91.9 Å². The maximum atomic E-state index is 14.2. The Bertz CT molecular complexity index is 2340. The summed E-state index contributed by atoms with van der Waals surface area (Å²) >= 11 is 0. The van der Waals surface area contributed by atoms with Crippen LogP contribution in [0.2, 0.25) is 0 Å². The second-order valence-corrected chi connectivity index (χ2v) is 25.5. The number of nitrogens with one attached hydrogen (secondary N) is 2. The fourth-order valence-corrected chi connectivity index (χ4v) is 16.0. The van der Waals surface area contributed by atoms with E-state index in [1.54, 1.807) is 4.90 Å². The Kier molecular flexibility index (Phi) is 20.1. The van der Waals surface area contributed by atoms with Crippen molar-refractivity contribution >= 4 is 23.9 Å². The molecule has 0 radical (unpaired) electrons. The first-order valence-corrected chi connectivity index (χ1v) is 30.2. The molecule has 0 bridgehead atoms. The highest BCUT2D eigenvalue weighted by molar-refractivity contribution is 5.81. The molecule has 3 N–H and O–H groups in total. The van der Waals surface area contributed by atoms with Gasteiger partial charge in [0, 0.05) is 38.4 Å². The van der Waals surface area contributed by atoms with Crippen LogP contribution in [-0.2, 0) is 40.8 Å². The number of benzene rings is 3. The highest BCUT2D eigenvalue weighted by Gasteiger charge is 2.61. The smallest absolute Gasteiger partial charge is 0.407 e. The summed E-state index contributed by atoms with van der Waals surface area (Å²) in [6.45, 7) is 15.7. The van der Waals surface area contributed by atoms with Gasteiger partial charge in [-0.3, -0.25) is 14.4 Å². The molecule has 8 rings (SSSR count). The van der Waals surface area contributed by atoms with Gasteiger partial charge >= 0.3 is 12.1 Å². The molecule has 0 aromatic heterocycles. The number of nitrogens with zero attached hydrogens (tertiary/aromatic N) is 1. The SMILES string of the molecule is CNC(=O)CCC(=O)OC1CN(C(=O)C(C)CCCCCNC(=O)OC2CC[C@@]3(C)C(CCC4C3CC[C@@]3(C)C4CC[C@@H]3C(C)CCCC(C)C)C2)CC1COC(c1ccccc1)(c1ccccc1)c1ccc(CO)cc1. The lowest BCUT2D eigenvalue weighted by Crippen LogP contribution is -2.54. The molecule has 5 aliphatic rings. The van der Waals surface area contributed by atoms with E-state index in [0.29, 0.717) is 36.3 Å². The van der Waals surface area contributed by atoms with Gasteiger partial charge in [-0.25, -0.2) is 4.79 Å². The molecule has 11 nitrogen and oxygen atoms in total. The van der Waals surface area contributed by atoms with Crippen molar-refractivity contribution in [3.05, 3.63) is 107 Å². The number of esters is 1. The molecule has 11 heteroatoms. The Morgan fingerprint density at radius 1 is 0.714 bits per heavy atom. The van der Waals surface area contributed by atoms with Crippen molar-refractivity contribution in [2.45, 2.75) is 182 Å². The van der Waals surface area contributed by atoms with Gasteiger partial charge < -0.3 is 34.9 Å². The maximum absolute atomic E-state index is 14.2. The summed E-state index contributed by atoms with van der Waals surface area (Å²) < 4.78 is 19.5. The van der Waals surface area contributed by atoms with Crippen LogP contribution in [0.15, 0.2) is 84.9 Å². The highest BCUT2D eigenvalue weighted by atomic mass is 16.6. The number of carbonyl (C=O) groups excluding carboxylic acids is 4. The fourth-order valence-electron chi connectivity index (χ4n) is 16.0. The predicted molar refractivity (Wildman–Crippen MR) is 303 cm³/mol. The van der Waals surface area contributed by atoms with Crippen LogP contribution in [0, 0.1) is 64.1 Å². The average molecular weight is 1060 g/mol. The van der Waals surface area contributed by atoms with E-state index < -0.39 is 17.7 Å². The van der Waals surface area contributed by atoms with Gasteiger partial charge in [0.2, 0.25) is 11.8 Å². The molecule has 0 spiro atoms. The van der Waals surface area contributed by atoms with Crippen LogP contribution in [0.5, 0.6) is 0 Å². The minimum absolute atomic E-state index is 0.00123. The third-order valence-electron chi connectivity index (χ3n) is 20.3. The van der Waals surface area contributed by atoms with E-state index >= 15 is 0 Å². The van der Waals surface area contributed by atoms with Gasteiger partial charge in [0.15, 0.2) is 0 Å². The van der Waals surface area contributed by atoms with Gasteiger partial charge in [0.25, 0.3) is 0 Å². The molecule has 1 saturated heterocycles. The van der Waals surface area contributed by atoms with Crippen molar-refractivity contribution in [3.63, 3.8) is 0 Å². The molecule has 4 aliphatic carbocycles. The number of unbranched alkanes of at least 4 members (excludes halogenated alkanes) is 2. The monoisotopic (exact) mass is 1060 g/mol. The average Bonchev–Trinajstić information content (AvgIpc) is 4.04. The van der Waals surface area contributed by atoms with Gasteiger partial charge in [-0.05, 0) is 145 Å². The number of hydrogen-bond acceptors (Lipinski definition) is 8. The van der Waals surface area contributed by atoms with E-state index in [-0.39, 0.29) is 68.4 Å². The lowest BCUT2D eigenvalue weighted by Gasteiger charge is -2.61.